The number of hydrogen-bond donors (Lipinski definition) is 0. The minimum Gasteiger partial charge on any atom is -0.372 e. The first-order chi connectivity index (χ1) is 14.9. The van der Waals surface area contributed by atoms with Gasteiger partial charge in [-0.15, -0.1) is 0 Å². The first-order valence-electron chi connectivity index (χ1n) is 11.2. The van der Waals surface area contributed by atoms with Gasteiger partial charge < -0.3 is 19.6 Å². The number of carbonyl (C=O) groups excluding carboxylic acids is 1. The quantitative estimate of drug-likeness (QED) is 0.707. The van der Waals surface area contributed by atoms with Crippen LogP contribution in [0.5, 0.6) is 0 Å². The van der Waals surface area contributed by atoms with Gasteiger partial charge in [-0.05, 0) is 61.8 Å². The maximum atomic E-state index is 12.1. The highest BCUT2D eigenvalue weighted by molar-refractivity contribution is 7.09. The summed E-state index contributed by atoms with van der Waals surface area (Å²) in [7, 11) is 7.56. The minimum absolute atomic E-state index is 0.0584. The molecule has 2 aliphatic rings. The summed E-state index contributed by atoms with van der Waals surface area (Å²) in [6.45, 7) is 4.39. The number of aromatic nitrogens is 2. The maximum absolute atomic E-state index is 12.1. The molecule has 2 fully saturated rings. The fourth-order valence-corrected chi connectivity index (χ4v) is 5.57. The number of amides is 1. The molecule has 0 spiro atoms. The average molecular weight is 443 g/mol. The highest BCUT2D eigenvalue weighted by Crippen LogP contribution is 2.35. The van der Waals surface area contributed by atoms with E-state index in [2.05, 4.69) is 31.3 Å². The van der Waals surface area contributed by atoms with E-state index in [9.17, 15) is 4.79 Å². The van der Waals surface area contributed by atoms with Crippen LogP contribution in [0.4, 0.5) is 16.8 Å². The highest BCUT2D eigenvalue weighted by Gasteiger charge is 2.30. The third kappa shape index (κ3) is 4.95. The van der Waals surface area contributed by atoms with E-state index in [1.165, 1.54) is 42.9 Å². The molecule has 0 N–H and O–H groups in total. The smallest absolute Gasteiger partial charge is 0.253 e. The average Bonchev–Trinajstić information content (AvgIpc) is 3.30. The number of hydrogen-bond acceptors (Lipinski definition) is 7. The molecular formula is C23H34N6OS. The van der Waals surface area contributed by atoms with Crippen LogP contribution < -0.4 is 14.7 Å². The number of carbonyl (C=O) groups is 1. The summed E-state index contributed by atoms with van der Waals surface area (Å²) in [6, 6.07) is 8.10. The Balaban J connectivity index is 1.26. The van der Waals surface area contributed by atoms with Gasteiger partial charge in [0.2, 0.25) is 11.1 Å². The largest absolute Gasteiger partial charge is 0.372 e. The summed E-state index contributed by atoms with van der Waals surface area (Å²) < 4.78 is 4.45. The van der Waals surface area contributed by atoms with Crippen LogP contribution >= 0.6 is 11.5 Å². The number of piperidine rings is 2. The zero-order chi connectivity index (χ0) is 22.0. The van der Waals surface area contributed by atoms with Crippen molar-refractivity contribution in [2.24, 2.45) is 11.8 Å². The molecule has 0 bridgehead atoms. The standard InChI is InChI=1S/C23H34N6OS/c1-26(2)21(30)19-5-7-20(8-6-19)28-13-9-17(10-14-28)18-11-15-29(16-12-18)23-24-22(25-31-23)27(3)4/h5-8,17-18H,9-16H2,1-4H3. The number of benzene rings is 1. The van der Waals surface area contributed by atoms with Crippen LogP contribution in [0.3, 0.4) is 0 Å². The van der Waals surface area contributed by atoms with Gasteiger partial charge in [0.05, 0.1) is 0 Å². The molecule has 0 atom stereocenters. The van der Waals surface area contributed by atoms with Gasteiger partial charge in [0.25, 0.3) is 5.91 Å². The molecule has 2 aliphatic heterocycles. The zero-order valence-electron chi connectivity index (χ0n) is 19.1. The van der Waals surface area contributed by atoms with Gasteiger partial charge in [0.15, 0.2) is 0 Å². The van der Waals surface area contributed by atoms with Crippen molar-refractivity contribution in [2.45, 2.75) is 25.7 Å². The lowest BCUT2D eigenvalue weighted by Crippen LogP contribution is -2.41. The van der Waals surface area contributed by atoms with Gasteiger partial charge in [-0.2, -0.15) is 9.36 Å². The molecule has 3 heterocycles. The van der Waals surface area contributed by atoms with E-state index < -0.39 is 0 Å². The van der Waals surface area contributed by atoms with Crippen molar-refractivity contribution in [3.05, 3.63) is 29.8 Å². The van der Waals surface area contributed by atoms with Gasteiger partial charge in [-0.25, -0.2) is 0 Å². The van der Waals surface area contributed by atoms with Crippen molar-refractivity contribution in [1.82, 2.24) is 14.3 Å². The van der Waals surface area contributed by atoms with Crippen molar-refractivity contribution in [2.75, 3.05) is 69.1 Å². The molecule has 168 valence electrons. The molecule has 7 nitrogen and oxygen atoms in total. The first-order valence-corrected chi connectivity index (χ1v) is 12.0. The van der Waals surface area contributed by atoms with Crippen molar-refractivity contribution in [1.29, 1.82) is 0 Å². The van der Waals surface area contributed by atoms with E-state index >= 15 is 0 Å². The second-order valence-electron chi connectivity index (χ2n) is 9.17. The van der Waals surface area contributed by atoms with Gasteiger partial charge in [0.1, 0.15) is 0 Å². The molecule has 0 radical (unpaired) electrons. The molecular weight excluding hydrogens is 408 g/mol. The molecule has 31 heavy (non-hydrogen) atoms. The van der Waals surface area contributed by atoms with E-state index in [0.717, 1.165) is 54.7 Å². The Hall–Kier alpha value is -2.35. The molecule has 4 rings (SSSR count). The fourth-order valence-electron chi connectivity index (χ4n) is 4.78. The van der Waals surface area contributed by atoms with Crippen molar-refractivity contribution >= 4 is 34.2 Å². The van der Waals surface area contributed by atoms with Crippen LogP contribution in [0.25, 0.3) is 0 Å². The van der Waals surface area contributed by atoms with Crippen LogP contribution in [-0.4, -0.2) is 74.5 Å². The summed E-state index contributed by atoms with van der Waals surface area (Å²) in [5, 5.41) is 1.06. The van der Waals surface area contributed by atoms with Crippen LogP contribution in [0, 0.1) is 11.8 Å². The van der Waals surface area contributed by atoms with Crippen molar-refractivity contribution in [3.8, 4) is 0 Å². The zero-order valence-corrected chi connectivity index (χ0v) is 19.9. The van der Waals surface area contributed by atoms with E-state index in [1.807, 2.05) is 31.1 Å². The molecule has 8 heteroatoms. The number of rotatable bonds is 5. The lowest BCUT2D eigenvalue weighted by atomic mass is 9.79. The third-order valence-corrected chi connectivity index (χ3v) is 7.47. The van der Waals surface area contributed by atoms with Gasteiger partial charge in [0, 0.05) is 77.2 Å². The molecule has 2 aromatic rings. The van der Waals surface area contributed by atoms with E-state index in [-0.39, 0.29) is 5.91 Å². The lowest BCUT2D eigenvalue weighted by molar-refractivity contribution is 0.0827. The summed E-state index contributed by atoms with van der Waals surface area (Å²) in [6.07, 6.45) is 5.02. The summed E-state index contributed by atoms with van der Waals surface area (Å²) in [5.74, 6) is 2.51. The first kappa shape index (κ1) is 21.9. The third-order valence-electron chi connectivity index (χ3n) is 6.71. The van der Waals surface area contributed by atoms with Crippen molar-refractivity contribution < 1.29 is 4.79 Å². The molecule has 0 aliphatic carbocycles. The number of nitrogens with zero attached hydrogens (tertiary/aromatic N) is 6. The Labute approximate surface area is 189 Å². The Morgan fingerprint density at radius 1 is 0.903 bits per heavy atom. The summed E-state index contributed by atoms with van der Waals surface area (Å²) >= 11 is 1.52. The second kappa shape index (κ2) is 9.42. The van der Waals surface area contributed by atoms with E-state index in [4.69, 9.17) is 0 Å². The molecule has 0 saturated carbocycles. The Kier molecular flexibility index (Phi) is 6.65. The number of anilines is 3. The Morgan fingerprint density at radius 3 is 1.94 bits per heavy atom. The fraction of sp³-hybridized carbons (Fsp3) is 0.609. The molecule has 1 aromatic heterocycles. The summed E-state index contributed by atoms with van der Waals surface area (Å²) in [5.41, 5.74) is 1.99. The predicted octanol–water partition coefficient (Wildman–Crippen LogP) is 3.44. The van der Waals surface area contributed by atoms with Crippen LogP contribution in [0.15, 0.2) is 24.3 Å². The molecule has 2 saturated heterocycles. The second-order valence-corrected chi connectivity index (χ2v) is 9.90. The van der Waals surface area contributed by atoms with Crippen LogP contribution in [0.1, 0.15) is 36.0 Å². The van der Waals surface area contributed by atoms with E-state index in [1.54, 1.807) is 19.0 Å². The van der Waals surface area contributed by atoms with Gasteiger partial charge >= 0.3 is 0 Å². The minimum atomic E-state index is 0.0584. The van der Waals surface area contributed by atoms with Crippen LogP contribution in [-0.2, 0) is 0 Å². The highest BCUT2D eigenvalue weighted by atomic mass is 32.1. The molecule has 1 aromatic carbocycles. The molecule has 0 unspecified atom stereocenters. The summed E-state index contributed by atoms with van der Waals surface area (Å²) in [4.78, 5) is 25.2. The topological polar surface area (TPSA) is 55.8 Å². The Bertz CT molecular complexity index is 864. The monoisotopic (exact) mass is 442 g/mol. The predicted molar refractivity (Wildman–Crippen MR) is 129 cm³/mol. The molecule has 1 amide bonds. The van der Waals surface area contributed by atoms with Gasteiger partial charge in [-0.3, -0.25) is 4.79 Å². The maximum Gasteiger partial charge on any atom is 0.253 e. The SMILES string of the molecule is CN(C)C(=O)c1ccc(N2CCC(C3CCN(c4nc(N(C)C)ns4)CC3)CC2)cc1. The Morgan fingerprint density at radius 2 is 1.45 bits per heavy atom. The van der Waals surface area contributed by atoms with E-state index in [0.29, 0.717) is 0 Å². The van der Waals surface area contributed by atoms with Gasteiger partial charge in [-0.1, -0.05) is 0 Å². The van der Waals surface area contributed by atoms with Crippen molar-refractivity contribution in [3.63, 3.8) is 0 Å². The van der Waals surface area contributed by atoms with Crippen LogP contribution in [0.2, 0.25) is 0 Å². The lowest BCUT2D eigenvalue weighted by Gasteiger charge is -2.40. The normalized spacial score (nSPS) is 18.3.